The predicted octanol–water partition coefficient (Wildman–Crippen LogP) is -0.984. The number of hydrogen-bond acceptors (Lipinski definition) is 6. The highest BCUT2D eigenvalue weighted by Gasteiger charge is 2.32. The first kappa shape index (κ1) is 22.3. The number of hydrogen-bond donors (Lipinski definition) is 4. The van der Waals surface area contributed by atoms with Crippen molar-refractivity contribution in [2.45, 2.75) is 25.1 Å². The highest BCUT2D eigenvalue weighted by Crippen LogP contribution is 2.09. The Morgan fingerprint density at radius 3 is 2.52 bits per heavy atom. The highest BCUT2D eigenvalue weighted by atomic mass is 16.6. The maximum atomic E-state index is 12.8. The molecule has 11 nitrogen and oxygen atoms in total. The lowest BCUT2D eigenvalue weighted by molar-refractivity contribution is -0.137. The van der Waals surface area contributed by atoms with Crippen LogP contribution in [0, 0.1) is 0 Å². The van der Waals surface area contributed by atoms with E-state index in [0.717, 1.165) is 5.56 Å². The number of nitrogens with one attached hydrogen (secondary N) is 3. The predicted molar refractivity (Wildman–Crippen MR) is 109 cm³/mol. The van der Waals surface area contributed by atoms with Crippen LogP contribution in [0.1, 0.15) is 12.0 Å². The molecular formula is C20H27N5O6. The Hall–Kier alpha value is -3.34. The molecule has 5 amide bonds. The minimum Gasteiger partial charge on any atom is -0.445 e. The van der Waals surface area contributed by atoms with E-state index in [9.17, 15) is 24.3 Å². The van der Waals surface area contributed by atoms with E-state index in [1.54, 1.807) is 4.90 Å². The molecule has 0 bridgehead atoms. The number of ether oxygens (including phenoxy) is 1. The molecular weight excluding hydrogens is 406 g/mol. The first-order valence-corrected chi connectivity index (χ1v) is 10.2. The molecule has 2 aliphatic rings. The Balaban J connectivity index is 1.49. The number of urea groups is 1. The summed E-state index contributed by atoms with van der Waals surface area (Å²) >= 11 is 0. The van der Waals surface area contributed by atoms with Crippen LogP contribution in [-0.4, -0.2) is 90.3 Å². The molecule has 11 heteroatoms. The number of carbonyl (C=O) groups excluding carboxylic acids is 4. The van der Waals surface area contributed by atoms with Crippen molar-refractivity contribution in [2.75, 3.05) is 39.3 Å². The first-order valence-electron chi connectivity index (χ1n) is 10.2. The van der Waals surface area contributed by atoms with Gasteiger partial charge in [0.05, 0.1) is 6.61 Å². The minimum absolute atomic E-state index is 0.112. The maximum absolute atomic E-state index is 12.8. The molecule has 2 heterocycles. The lowest BCUT2D eigenvalue weighted by Gasteiger charge is -2.26. The summed E-state index contributed by atoms with van der Waals surface area (Å²) in [5.74, 6) is -0.987. The standard InChI is InChI=1S/C20H27N5O6/c26-12-16(22-17(27)15-11-21-19(29)23-15)18(28)24-7-4-8-25(10-9-24)20(30)31-13-14-5-2-1-3-6-14/h1-3,5-6,15-16,26H,4,7-13H2,(H,22,27)(H2,21,23,29). The molecule has 3 rings (SSSR count). The maximum Gasteiger partial charge on any atom is 0.410 e. The summed E-state index contributed by atoms with van der Waals surface area (Å²) in [6.07, 6.45) is 0.0931. The zero-order chi connectivity index (χ0) is 22.2. The molecule has 168 valence electrons. The van der Waals surface area contributed by atoms with Crippen LogP contribution in [0.2, 0.25) is 0 Å². The fourth-order valence-corrected chi connectivity index (χ4v) is 3.42. The van der Waals surface area contributed by atoms with Gasteiger partial charge in [0.15, 0.2) is 0 Å². The second-order valence-electron chi connectivity index (χ2n) is 7.36. The van der Waals surface area contributed by atoms with Crippen molar-refractivity contribution in [1.82, 2.24) is 25.8 Å². The summed E-state index contributed by atoms with van der Waals surface area (Å²) in [7, 11) is 0. The second kappa shape index (κ2) is 10.6. The third-order valence-corrected chi connectivity index (χ3v) is 5.16. The average molecular weight is 433 g/mol. The van der Waals surface area contributed by atoms with Crippen LogP contribution in [0.15, 0.2) is 30.3 Å². The van der Waals surface area contributed by atoms with Gasteiger partial charge in [0.2, 0.25) is 11.8 Å². The lowest BCUT2D eigenvalue weighted by atomic mass is 10.2. The Bertz CT molecular complexity index is 805. The van der Waals surface area contributed by atoms with E-state index >= 15 is 0 Å². The van der Waals surface area contributed by atoms with Gasteiger partial charge in [-0.1, -0.05) is 30.3 Å². The van der Waals surface area contributed by atoms with Gasteiger partial charge >= 0.3 is 12.1 Å². The van der Waals surface area contributed by atoms with Gasteiger partial charge < -0.3 is 35.6 Å². The molecule has 1 aromatic carbocycles. The van der Waals surface area contributed by atoms with Crippen molar-refractivity contribution in [2.24, 2.45) is 0 Å². The second-order valence-corrected chi connectivity index (χ2v) is 7.36. The monoisotopic (exact) mass is 433 g/mol. The Labute approximate surface area is 179 Å². The van der Waals surface area contributed by atoms with Crippen LogP contribution >= 0.6 is 0 Å². The zero-order valence-electron chi connectivity index (χ0n) is 17.1. The fraction of sp³-hybridized carbons (Fsp3) is 0.500. The van der Waals surface area contributed by atoms with Crippen LogP contribution in [0.3, 0.4) is 0 Å². The van der Waals surface area contributed by atoms with E-state index in [1.807, 2.05) is 30.3 Å². The molecule has 0 radical (unpaired) electrons. The van der Waals surface area contributed by atoms with Crippen molar-refractivity contribution < 1.29 is 29.0 Å². The van der Waals surface area contributed by atoms with Gasteiger partial charge in [-0.15, -0.1) is 0 Å². The SMILES string of the molecule is O=C1NCC(C(=O)NC(CO)C(=O)N2CCCN(C(=O)OCc3ccccc3)CC2)N1. The van der Waals surface area contributed by atoms with Crippen LogP contribution in [-0.2, 0) is 20.9 Å². The number of aliphatic hydroxyl groups excluding tert-OH is 1. The van der Waals surface area contributed by atoms with Gasteiger partial charge in [0.1, 0.15) is 18.7 Å². The number of nitrogens with zero attached hydrogens (tertiary/aromatic N) is 2. The molecule has 2 saturated heterocycles. The largest absolute Gasteiger partial charge is 0.445 e. The fourth-order valence-electron chi connectivity index (χ4n) is 3.42. The number of carbonyl (C=O) groups is 4. The van der Waals surface area contributed by atoms with Gasteiger partial charge in [-0.2, -0.15) is 0 Å². The van der Waals surface area contributed by atoms with Crippen LogP contribution in [0.25, 0.3) is 0 Å². The van der Waals surface area contributed by atoms with Crippen molar-refractivity contribution in [1.29, 1.82) is 0 Å². The molecule has 0 spiro atoms. The van der Waals surface area contributed by atoms with Crippen LogP contribution in [0.5, 0.6) is 0 Å². The molecule has 4 N–H and O–H groups in total. The molecule has 0 saturated carbocycles. The van der Waals surface area contributed by atoms with Gasteiger partial charge in [-0.3, -0.25) is 9.59 Å². The summed E-state index contributed by atoms with van der Waals surface area (Å²) < 4.78 is 5.35. The van der Waals surface area contributed by atoms with Crippen LogP contribution in [0.4, 0.5) is 9.59 Å². The topological polar surface area (TPSA) is 140 Å². The summed E-state index contributed by atoms with van der Waals surface area (Å²) in [6, 6.07) is 6.97. The van der Waals surface area contributed by atoms with Gasteiger partial charge in [-0.25, -0.2) is 9.59 Å². The molecule has 0 aromatic heterocycles. The number of amides is 5. The highest BCUT2D eigenvalue weighted by molar-refractivity contribution is 5.93. The number of rotatable bonds is 6. The quantitative estimate of drug-likeness (QED) is 0.454. The third kappa shape index (κ3) is 6.07. The Kier molecular flexibility index (Phi) is 7.65. The molecule has 1 aromatic rings. The Morgan fingerprint density at radius 1 is 1.13 bits per heavy atom. The van der Waals surface area contributed by atoms with Gasteiger partial charge in [-0.05, 0) is 12.0 Å². The summed E-state index contributed by atoms with van der Waals surface area (Å²) in [5.41, 5.74) is 0.887. The van der Waals surface area contributed by atoms with Crippen molar-refractivity contribution in [3.05, 3.63) is 35.9 Å². The van der Waals surface area contributed by atoms with E-state index in [0.29, 0.717) is 19.5 Å². The molecule has 2 atom stereocenters. The van der Waals surface area contributed by atoms with Crippen molar-refractivity contribution in [3.8, 4) is 0 Å². The number of aliphatic hydroxyl groups is 1. The minimum atomic E-state index is -1.12. The lowest BCUT2D eigenvalue weighted by Crippen LogP contribution is -2.55. The van der Waals surface area contributed by atoms with E-state index in [-0.39, 0.29) is 26.2 Å². The molecule has 31 heavy (non-hydrogen) atoms. The van der Waals surface area contributed by atoms with E-state index < -0.39 is 42.6 Å². The first-order chi connectivity index (χ1) is 15.0. The number of benzene rings is 1. The molecule has 2 fully saturated rings. The molecule has 0 aliphatic carbocycles. The summed E-state index contributed by atoms with van der Waals surface area (Å²) in [4.78, 5) is 51.6. The van der Waals surface area contributed by atoms with Gasteiger partial charge in [0, 0.05) is 32.7 Å². The van der Waals surface area contributed by atoms with Gasteiger partial charge in [0.25, 0.3) is 0 Å². The third-order valence-electron chi connectivity index (χ3n) is 5.16. The van der Waals surface area contributed by atoms with E-state index in [4.69, 9.17) is 4.74 Å². The zero-order valence-corrected chi connectivity index (χ0v) is 17.1. The Morgan fingerprint density at radius 2 is 1.84 bits per heavy atom. The van der Waals surface area contributed by atoms with E-state index in [2.05, 4.69) is 16.0 Å². The molecule has 2 unspecified atom stereocenters. The van der Waals surface area contributed by atoms with Crippen molar-refractivity contribution >= 4 is 23.9 Å². The summed E-state index contributed by atoms with van der Waals surface area (Å²) in [5, 5.41) is 17.0. The van der Waals surface area contributed by atoms with E-state index in [1.165, 1.54) is 4.90 Å². The normalized spacial score (nSPS) is 19.6. The smallest absolute Gasteiger partial charge is 0.410 e. The summed E-state index contributed by atoms with van der Waals surface area (Å²) in [6.45, 7) is 1.08. The van der Waals surface area contributed by atoms with Crippen molar-refractivity contribution in [3.63, 3.8) is 0 Å². The van der Waals surface area contributed by atoms with Crippen LogP contribution < -0.4 is 16.0 Å². The average Bonchev–Trinajstić information content (AvgIpc) is 3.07. The molecule has 2 aliphatic heterocycles.